The second-order valence-electron chi connectivity index (χ2n) is 6.34. The molecule has 1 atom stereocenters. The molecular weight excluding hydrogens is 344 g/mol. The Hall–Kier alpha value is -2.12. The number of rotatable bonds is 4. The summed E-state index contributed by atoms with van der Waals surface area (Å²) in [6.07, 6.45) is 6.64. The Bertz CT molecular complexity index is 793. The molecule has 3 N–H and O–H groups in total. The quantitative estimate of drug-likeness (QED) is 0.572. The summed E-state index contributed by atoms with van der Waals surface area (Å²) in [6, 6.07) is 4.62. The fourth-order valence-corrected chi connectivity index (χ4v) is 3.42. The number of carbonyl (C=O) groups excluding carboxylic acids is 1. The molecule has 7 nitrogen and oxygen atoms in total. The van der Waals surface area contributed by atoms with Crippen molar-refractivity contribution < 1.29 is 9.90 Å². The van der Waals surface area contributed by atoms with Crippen LogP contribution in [0.4, 0.5) is 0 Å². The normalized spacial score (nSPS) is 17.0. The number of halogens is 1. The molecule has 0 saturated heterocycles. The zero-order valence-corrected chi connectivity index (χ0v) is 14.5. The van der Waals surface area contributed by atoms with Gasteiger partial charge in [-0.3, -0.25) is 9.78 Å². The first kappa shape index (κ1) is 17.7. The van der Waals surface area contributed by atoms with Gasteiger partial charge in [0.15, 0.2) is 0 Å². The number of benzene rings is 1. The number of aliphatic hydroxyl groups is 1. The predicted octanol–water partition coefficient (Wildman–Crippen LogP) is 2.23. The summed E-state index contributed by atoms with van der Waals surface area (Å²) in [5, 5.41) is 17.1. The van der Waals surface area contributed by atoms with E-state index in [9.17, 15) is 14.7 Å². The van der Waals surface area contributed by atoms with Gasteiger partial charge in [-0.1, -0.05) is 37.3 Å². The third-order valence-electron chi connectivity index (χ3n) is 4.62. The van der Waals surface area contributed by atoms with Crippen LogP contribution in [0.15, 0.2) is 29.3 Å². The molecule has 1 aliphatic carbocycles. The number of aromatic nitrogens is 3. The number of aliphatic hydroxyl groups excluding tert-OH is 1. The number of nitrogens with one attached hydrogen (secondary N) is 2. The summed E-state index contributed by atoms with van der Waals surface area (Å²) < 4.78 is 1.13. The average molecular weight is 365 g/mol. The highest BCUT2D eigenvalue weighted by molar-refractivity contribution is 6.33. The van der Waals surface area contributed by atoms with Gasteiger partial charge < -0.3 is 10.4 Å². The SMILES string of the molecule is O=C(NC(O)C1CCCCCC1)c1cc(-n2nc[nH]c2=O)ccc1Cl. The van der Waals surface area contributed by atoms with Gasteiger partial charge in [0, 0.05) is 5.92 Å². The molecule has 1 aromatic heterocycles. The lowest BCUT2D eigenvalue weighted by atomic mass is 9.98. The van der Waals surface area contributed by atoms with Crippen molar-refractivity contribution in [1.82, 2.24) is 20.1 Å². The van der Waals surface area contributed by atoms with Crippen molar-refractivity contribution in [2.75, 3.05) is 0 Å². The maximum Gasteiger partial charge on any atom is 0.347 e. The average Bonchev–Trinajstić information content (AvgIpc) is 2.85. The van der Waals surface area contributed by atoms with Crippen LogP contribution in [0.5, 0.6) is 0 Å². The molecule has 1 aliphatic rings. The molecule has 1 saturated carbocycles. The van der Waals surface area contributed by atoms with E-state index in [1.807, 2.05) is 0 Å². The van der Waals surface area contributed by atoms with Crippen molar-refractivity contribution in [2.24, 2.45) is 5.92 Å². The van der Waals surface area contributed by atoms with E-state index >= 15 is 0 Å². The summed E-state index contributed by atoms with van der Waals surface area (Å²) >= 11 is 6.13. The lowest BCUT2D eigenvalue weighted by molar-refractivity contribution is 0.0532. The molecule has 1 amide bonds. The number of hydrogen-bond acceptors (Lipinski definition) is 4. The van der Waals surface area contributed by atoms with Crippen molar-refractivity contribution >= 4 is 17.5 Å². The first-order chi connectivity index (χ1) is 12.1. The maximum atomic E-state index is 12.5. The minimum absolute atomic E-state index is 0.0577. The van der Waals surface area contributed by atoms with Crippen LogP contribution in [0, 0.1) is 5.92 Å². The van der Waals surface area contributed by atoms with Gasteiger partial charge in [-0.05, 0) is 31.0 Å². The van der Waals surface area contributed by atoms with Crippen LogP contribution in [0.2, 0.25) is 5.02 Å². The fraction of sp³-hybridized carbons (Fsp3) is 0.471. The molecule has 134 valence electrons. The minimum Gasteiger partial charge on any atom is -0.373 e. The lowest BCUT2D eigenvalue weighted by Gasteiger charge is -2.22. The molecule has 1 fully saturated rings. The van der Waals surface area contributed by atoms with Crippen LogP contribution in [0.1, 0.15) is 48.9 Å². The number of carbonyl (C=O) groups is 1. The smallest absolute Gasteiger partial charge is 0.347 e. The molecular formula is C17H21ClN4O3. The van der Waals surface area contributed by atoms with Crippen LogP contribution in [-0.4, -0.2) is 32.0 Å². The van der Waals surface area contributed by atoms with Gasteiger partial charge in [0.1, 0.15) is 12.6 Å². The standard InChI is InChI=1S/C17H21ClN4O3/c18-14-8-7-12(22-17(25)19-10-20-22)9-13(14)16(24)21-15(23)11-5-3-1-2-4-6-11/h7-11,15,23H,1-6H2,(H,21,24)(H,19,20,25). The van der Waals surface area contributed by atoms with Gasteiger partial charge in [-0.25, -0.2) is 4.79 Å². The van der Waals surface area contributed by atoms with Crippen LogP contribution in [0.25, 0.3) is 5.69 Å². The third-order valence-corrected chi connectivity index (χ3v) is 4.95. The molecule has 0 bridgehead atoms. The zero-order chi connectivity index (χ0) is 17.8. The van der Waals surface area contributed by atoms with E-state index in [-0.39, 0.29) is 16.5 Å². The number of amides is 1. The van der Waals surface area contributed by atoms with Crippen LogP contribution < -0.4 is 11.0 Å². The van der Waals surface area contributed by atoms with Gasteiger partial charge in [-0.15, -0.1) is 0 Å². The summed E-state index contributed by atoms with van der Waals surface area (Å²) in [4.78, 5) is 26.6. The Morgan fingerprint density at radius 2 is 2.04 bits per heavy atom. The van der Waals surface area contributed by atoms with E-state index in [1.54, 1.807) is 6.07 Å². The Morgan fingerprint density at radius 1 is 1.32 bits per heavy atom. The third kappa shape index (κ3) is 4.11. The van der Waals surface area contributed by atoms with Gasteiger partial charge >= 0.3 is 5.69 Å². The molecule has 1 unspecified atom stereocenters. The minimum atomic E-state index is -0.904. The summed E-state index contributed by atoms with van der Waals surface area (Å²) in [6.45, 7) is 0. The zero-order valence-electron chi connectivity index (χ0n) is 13.7. The molecule has 1 aromatic carbocycles. The first-order valence-electron chi connectivity index (χ1n) is 8.48. The Labute approximate surface area is 150 Å². The van der Waals surface area contributed by atoms with Crippen molar-refractivity contribution in [2.45, 2.75) is 44.8 Å². The molecule has 25 heavy (non-hydrogen) atoms. The van der Waals surface area contributed by atoms with Crippen molar-refractivity contribution in [1.29, 1.82) is 0 Å². The fourth-order valence-electron chi connectivity index (χ4n) is 3.21. The maximum absolute atomic E-state index is 12.5. The van der Waals surface area contributed by atoms with Gasteiger partial charge in [0.2, 0.25) is 0 Å². The van der Waals surface area contributed by atoms with Crippen LogP contribution in [-0.2, 0) is 0 Å². The number of hydrogen-bond donors (Lipinski definition) is 3. The summed E-state index contributed by atoms with van der Waals surface area (Å²) in [5.41, 5.74) is 0.207. The van der Waals surface area contributed by atoms with E-state index in [2.05, 4.69) is 15.4 Å². The first-order valence-corrected chi connectivity index (χ1v) is 8.85. The van der Waals surface area contributed by atoms with E-state index in [0.717, 1.165) is 30.4 Å². The number of nitrogens with zero attached hydrogens (tertiary/aromatic N) is 2. The molecule has 3 rings (SSSR count). The number of H-pyrrole nitrogens is 1. The number of aromatic amines is 1. The monoisotopic (exact) mass is 364 g/mol. The Balaban J connectivity index is 1.77. The molecule has 0 aliphatic heterocycles. The molecule has 0 radical (unpaired) electrons. The molecule has 1 heterocycles. The highest BCUT2D eigenvalue weighted by atomic mass is 35.5. The topological polar surface area (TPSA) is 100 Å². The Morgan fingerprint density at radius 3 is 2.68 bits per heavy atom. The molecule has 8 heteroatoms. The largest absolute Gasteiger partial charge is 0.373 e. The predicted molar refractivity (Wildman–Crippen MR) is 93.9 cm³/mol. The van der Waals surface area contributed by atoms with E-state index in [1.165, 1.54) is 31.3 Å². The van der Waals surface area contributed by atoms with Crippen molar-refractivity contribution in [3.05, 3.63) is 45.6 Å². The van der Waals surface area contributed by atoms with Crippen molar-refractivity contribution in [3.63, 3.8) is 0 Å². The van der Waals surface area contributed by atoms with E-state index in [4.69, 9.17) is 11.6 Å². The molecule has 2 aromatic rings. The summed E-state index contributed by atoms with van der Waals surface area (Å²) in [7, 11) is 0. The summed E-state index contributed by atoms with van der Waals surface area (Å²) in [5.74, 6) is -0.408. The highest BCUT2D eigenvalue weighted by Crippen LogP contribution is 2.25. The van der Waals surface area contributed by atoms with Gasteiger partial charge in [0.05, 0.1) is 16.3 Å². The van der Waals surface area contributed by atoms with Gasteiger partial charge in [-0.2, -0.15) is 9.78 Å². The van der Waals surface area contributed by atoms with Crippen LogP contribution >= 0.6 is 11.6 Å². The second kappa shape index (κ2) is 7.84. The Kier molecular flexibility index (Phi) is 5.55. The van der Waals surface area contributed by atoms with E-state index < -0.39 is 17.8 Å². The highest BCUT2D eigenvalue weighted by Gasteiger charge is 2.23. The van der Waals surface area contributed by atoms with Crippen LogP contribution in [0.3, 0.4) is 0 Å². The molecule has 0 spiro atoms. The van der Waals surface area contributed by atoms with E-state index in [0.29, 0.717) is 5.69 Å². The van der Waals surface area contributed by atoms with Gasteiger partial charge in [0.25, 0.3) is 5.91 Å². The van der Waals surface area contributed by atoms with Crippen molar-refractivity contribution in [3.8, 4) is 5.69 Å². The lowest BCUT2D eigenvalue weighted by Crippen LogP contribution is -2.40. The second-order valence-corrected chi connectivity index (χ2v) is 6.75.